The van der Waals surface area contributed by atoms with Crippen molar-refractivity contribution in [3.63, 3.8) is 0 Å². The normalized spacial score (nSPS) is 15.8. The second kappa shape index (κ2) is 7.61. The van der Waals surface area contributed by atoms with E-state index in [9.17, 15) is 0 Å². The molecule has 2 N–H and O–H groups in total. The van der Waals surface area contributed by atoms with Gasteiger partial charge in [-0.2, -0.15) is 0 Å². The van der Waals surface area contributed by atoms with Crippen LogP contribution >= 0.6 is 0 Å². The first-order valence-electron chi connectivity index (χ1n) is 9.79. The van der Waals surface area contributed by atoms with Crippen LogP contribution in [-0.2, 0) is 6.54 Å². The number of nitrogens with two attached hydrogens (primary N) is 1. The largest absolute Gasteiger partial charge is 0.496 e. The fraction of sp³-hybridized carbons (Fsp3) is 0.409. The molecule has 0 radical (unpaired) electrons. The van der Waals surface area contributed by atoms with Gasteiger partial charge < -0.3 is 14.9 Å². The lowest BCUT2D eigenvalue weighted by atomic mass is 10.1. The Balaban J connectivity index is 1.80. The lowest BCUT2D eigenvalue weighted by Crippen LogP contribution is -2.25. The number of hydrogen-bond donors (Lipinski definition) is 1. The second-order valence-electron chi connectivity index (χ2n) is 7.47. The number of rotatable bonds is 4. The van der Waals surface area contributed by atoms with Crippen LogP contribution in [0.2, 0.25) is 0 Å². The molecule has 1 aromatic carbocycles. The van der Waals surface area contributed by atoms with Crippen LogP contribution in [0.25, 0.3) is 16.9 Å². The first-order valence-corrected chi connectivity index (χ1v) is 9.79. The zero-order valence-corrected chi connectivity index (χ0v) is 16.2. The Labute approximate surface area is 160 Å². The van der Waals surface area contributed by atoms with E-state index in [0.717, 1.165) is 53.5 Å². The summed E-state index contributed by atoms with van der Waals surface area (Å²) in [6, 6.07) is 10.2. The minimum absolute atomic E-state index is 0.759. The van der Waals surface area contributed by atoms with Gasteiger partial charge in [0, 0.05) is 24.0 Å². The Morgan fingerprint density at radius 2 is 1.85 bits per heavy atom. The summed E-state index contributed by atoms with van der Waals surface area (Å²) in [7, 11) is 1.71. The third kappa shape index (κ3) is 3.65. The lowest BCUT2D eigenvalue weighted by Gasteiger charge is -2.20. The molecule has 0 aliphatic carbocycles. The minimum Gasteiger partial charge on any atom is -0.496 e. The van der Waals surface area contributed by atoms with E-state index >= 15 is 0 Å². The van der Waals surface area contributed by atoms with Crippen LogP contribution in [0.1, 0.15) is 36.9 Å². The van der Waals surface area contributed by atoms with Gasteiger partial charge in [0.15, 0.2) is 0 Å². The number of methoxy groups -OCH3 is 1. The molecule has 1 aliphatic heterocycles. The molecule has 4 rings (SSSR count). The Hall–Kier alpha value is -2.53. The maximum Gasteiger partial charge on any atom is 0.137 e. The SMILES string of the molecule is COc1ccc(-c2nc3ccc(N)cn3c2CN2CCCCCC2)cc1C. The summed E-state index contributed by atoms with van der Waals surface area (Å²) in [4.78, 5) is 7.50. The molecule has 1 saturated heterocycles. The van der Waals surface area contributed by atoms with E-state index in [4.69, 9.17) is 15.5 Å². The molecule has 0 saturated carbocycles. The van der Waals surface area contributed by atoms with Crippen LogP contribution in [0.15, 0.2) is 36.5 Å². The van der Waals surface area contributed by atoms with Crippen molar-refractivity contribution in [3.8, 4) is 17.0 Å². The minimum atomic E-state index is 0.759. The van der Waals surface area contributed by atoms with Gasteiger partial charge in [0.25, 0.3) is 0 Å². The predicted molar refractivity (Wildman–Crippen MR) is 110 cm³/mol. The molecule has 2 aromatic heterocycles. The topological polar surface area (TPSA) is 55.8 Å². The summed E-state index contributed by atoms with van der Waals surface area (Å²) in [5.74, 6) is 0.904. The standard InChI is InChI=1S/C22H28N4O/c1-16-13-17(7-9-20(16)27-2)22-19(15-25-11-5-3-4-6-12-25)26-14-18(23)8-10-21(26)24-22/h7-10,13-14H,3-6,11-12,15,23H2,1-2H3. The summed E-state index contributed by atoms with van der Waals surface area (Å²) in [5, 5.41) is 0. The average Bonchev–Trinajstić information content (AvgIpc) is 2.83. The van der Waals surface area contributed by atoms with Crippen molar-refractivity contribution >= 4 is 11.3 Å². The highest BCUT2D eigenvalue weighted by Crippen LogP contribution is 2.30. The molecule has 27 heavy (non-hydrogen) atoms. The smallest absolute Gasteiger partial charge is 0.137 e. The Bertz CT molecular complexity index is 939. The molecule has 3 aromatic rings. The number of anilines is 1. The summed E-state index contributed by atoms with van der Waals surface area (Å²) < 4.78 is 7.59. The quantitative estimate of drug-likeness (QED) is 0.751. The molecule has 0 amide bonds. The molecular weight excluding hydrogens is 336 g/mol. The molecule has 0 unspecified atom stereocenters. The van der Waals surface area contributed by atoms with Crippen molar-refractivity contribution in [2.75, 3.05) is 25.9 Å². The molecule has 0 atom stereocenters. The molecule has 1 aliphatic rings. The number of pyridine rings is 1. The number of ether oxygens (including phenoxy) is 1. The number of aromatic nitrogens is 2. The van der Waals surface area contributed by atoms with Crippen molar-refractivity contribution in [2.45, 2.75) is 39.2 Å². The second-order valence-corrected chi connectivity index (χ2v) is 7.47. The molecule has 5 heteroatoms. The molecule has 0 spiro atoms. The zero-order chi connectivity index (χ0) is 18.8. The van der Waals surface area contributed by atoms with Gasteiger partial charge in [0.1, 0.15) is 11.4 Å². The Kier molecular flexibility index (Phi) is 5.03. The number of nitrogen functional groups attached to an aromatic ring is 1. The van der Waals surface area contributed by atoms with E-state index in [1.54, 1.807) is 7.11 Å². The van der Waals surface area contributed by atoms with Crippen LogP contribution in [0.5, 0.6) is 5.75 Å². The van der Waals surface area contributed by atoms with E-state index < -0.39 is 0 Å². The summed E-state index contributed by atoms with van der Waals surface area (Å²) >= 11 is 0. The van der Waals surface area contributed by atoms with E-state index in [-0.39, 0.29) is 0 Å². The van der Waals surface area contributed by atoms with Crippen LogP contribution in [0, 0.1) is 6.92 Å². The number of benzene rings is 1. The molecule has 3 heterocycles. The van der Waals surface area contributed by atoms with Gasteiger partial charge >= 0.3 is 0 Å². The zero-order valence-electron chi connectivity index (χ0n) is 16.2. The van der Waals surface area contributed by atoms with Gasteiger partial charge in [0.05, 0.1) is 18.5 Å². The van der Waals surface area contributed by atoms with E-state index in [2.05, 4.69) is 28.4 Å². The van der Waals surface area contributed by atoms with Crippen LogP contribution in [0.4, 0.5) is 5.69 Å². The molecule has 0 bridgehead atoms. The van der Waals surface area contributed by atoms with E-state index in [1.807, 2.05) is 24.4 Å². The number of imidazole rings is 1. The maximum atomic E-state index is 6.08. The maximum absolute atomic E-state index is 6.08. The average molecular weight is 364 g/mol. The number of nitrogens with zero attached hydrogens (tertiary/aromatic N) is 3. The van der Waals surface area contributed by atoms with Crippen LogP contribution in [-0.4, -0.2) is 34.5 Å². The number of aryl methyl sites for hydroxylation is 1. The van der Waals surface area contributed by atoms with Gasteiger partial charge in [-0.1, -0.05) is 12.8 Å². The van der Waals surface area contributed by atoms with Crippen molar-refractivity contribution < 1.29 is 4.74 Å². The van der Waals surface area contributed by atoms with Gasteiger partial charge in [-0.3, -0.25) is 4.90 Å². The van der Waals surface area contributed by atoms with Gasteiger partial charge in [-0.05, 0) is 68.8 Å². The van der Waals surface area contributed by atoms with E-state index in [0.29, 0.717) is 0 Å². The van der Waals surface area contributed by atoms with Crippen molar-refractivity contribution in [1.82, 2.24) is 14.3 Å². The van der Waals surface area contributed by atoms with Gasteiger partial charge in [-0.25, -0.2) is 4.98 Å². The van der Waals surface area contributed by atoms with Gasteiger partial charge in [0.2, 0.25) is 0 Å². The fourth-order valence-electron chi connectivity index (χ4n) is 4.02. The Morgan fingerprint density at radius 3 is 2.56 bits per heavy atom. The first kappa shape index (κ1) is 17.9. The molecule has 142 valence electrons. The summed E-state index contributed by atoms with van der Waals surface area (Å²) in [6.07, 6.45) is 7.21. The third-order valence-corrected chi connectivity index (χ3v) is 5.48. The van der Waals surface area contributed by atoms with Gasteiger partial charge in [-0.15, -0.1) is 0 Å². The number of fused-ring (bicyclic) bond motifs is 1. The Morgan fingerprint density at radius 1 is 1.07 bits per heavy atom. The highest BCUT2D eigenvalue weighted by molar-refractivity contribution is 5.69. The van der Waals surface area contributed by atoms with Crippen LogP contribution in [0.3, 0.4) is 0 Å². The molecular formula is C22H28N4O. The highest BCUT2D eigenvalue weighted by Gasteiger charge is 2.19. The van der Waals surface area contributed by atoms with E-state index in [1.165, 1.54) is 31.4 Å². The first-order chi connectivity index (χ1) is 13.2. The lowest BCUT2D eigenvalue weighted by molar-refractivity contribution is 0.273. The predicted octanol–water partition coefficient (Wildman–Crippen LogP) is 4.28. The van der Waals surface area contributed by atoms with Crippen LogP contribution < -0.4 is 10.5 Å². The van der Waals surface area contributed by atoms with Crippen molar-refractivity contribution in [1.29, 1.82) is 0 Å². The highest BCUT2D eigenvalue weighted by atomic mass is 16.5. The summed E-state index contributed by atoms with van der Waals surface area (Å²) in [6.45, 7) is 5.27. The van der Waals surface area contributed by atoms with Crippen molar-refractivity contribution in [2.24, 2.45) is 0 Å². The number of likely N-dealkylation sites (tertiary alicyclic amines) is 1. The number of hydrogen-bond acceptors (Lipinski definition) is 4. The molecule has 1 fully saturated rings. The fourth-order valence-corrected chi connectivity index (χ4v) is 4.02. The summed E-state index contributed by atoms with van der Waals surface area (Å²) in [5.41, 5.74) is 12.3. The monoisotopic (exact) mass is 364 g/mol. The molecule has 5 nitrogen and oxygen atoms in total. The third-order valence-electron chi connectivity index (χ3n) is 5.48. The van der Waals surface area contributed by atoms with Crippen molar-refractivity contribution in [3.05, 3.63) is 47.8 Å².